The van der Waals surface area contributed by atoms with Crippen LogP contribution >= 0.6 is 0 Å². The lowest BCUT2D eigenvalue weighted by atomic mass is 10.0. The predicted octanol–water partition coefficient (Wildman–Crippen LogP) is 2.92. The number of carbonyl (C=O) groups is 1. The second kappa shape index (κ2) is 6.05. The maximum absolute atomic E-state index is 11.5. The van der Waals surface area contributed by atoms with Crippen LogP contribution in [-0.4, -0.2) is 49.4 Å². The van der Waals surface area contributed by atoms with Gasteiger partial charge in [0.2, 0.25) is 0 Å². The number of likely N-dealkylation sites (N-methyl/N-ethyl adjacent to an activating group) is 1. The number of nitrogens with zero attached hydrogens (tertiary/aromatic N) is 3. The lowest BCUT2D eigenvalue weighted by Gasteiger charge is -2.33. The molecule has 1 fully saturated rings. The summed E-state index contributed by atoms with van der Waals surface area (Å²) < 4.78 is 0. The van der Waals surface area contributed by atoms with Crippen LogP contribution in [0.2, 0.25) is 0 Å². The van der Waals surface area contributed by atoms with Crippen LogP contribution in [-0.2, 0) is 0 Å². The zero-order chi connectivity index (χ0) is 15.7. The first kappa shape index (κ1) is 15.0. The average Bonchev–Trinajstić information content (AvgIpc) is 2.53. The van der Waals surface area contributed by atoms with E-state index in [1.807, 2.05) is 6.07 Å². The van der Waals surface area contributed by atoms with Crippen LogP contribution in [0.25, 0.3) is 10.9 Å². The Balaban J connectivity index is 2.03. The van der Waals surface area contributed by atoms with Gasteiger partial charge in [-0.1, -0.05) is 19.9 Å². The Morgan fingerprint density at radius 1 is 1.14 bits per heavy atom. The van der Waals surface area contributed by atoms with Crippen LogP contribution < -0.4 is 4.90 Å². The average molecular weight is 297 g/mol. The number of benzene rings is 1. The van der Waals surface area contributed by atoms with E-state index < -0.39 is 0 Å². The van der Waals surface area contributed by atoms with Gasteiger partial charge < -0.3 is 9.80 Å². The van der Waals surface area contributed by atoms with Crippen molar-refractivity contribution in [1.82, 2.24) is 9.88 Å². The summed E-state index contributed by atoms with van der Waals surface area (Å²) in [5, 5.41) is 1.05. The number of fused-ring (bicyclic) bond motifs is 1. The minimum atomic E-state index is 0.474. The maximum Gasteiger partial charge on any atom is 0.153 e. The van der Waals surface area contributed by atoms with Gasteiger partial charge in [0, 0.05) is 31.6 Å². The van der Waals surface area contributed by atoms with E-state index in [0.29, 0.717) is 11.5 Å². The van der Waals surface area contributed by atoms with Crippen LogP contribution in [0.4, 0.5) is 5.82 Å². The van der Waals surface area contributed by atoms with Crippen molar-refractivity contribution in [2.24, 2.45) is 0 Å². The fourth-order valence-electron chi connectivity index (χ4n) is 2.92. The van der Waals surface area contributed by atoms with Gasteiger partial charge in [-0.3, -0.25) is 4.79 Å². The molecule has 116 valence electrons. The lowest BCUT2D eigenvalue weighted by Crippen LogP contribution is -2.45. The van der Waals surface area contributed by atoms with Gasteiger partial charge in [-0.2, -0.15) is 0 Å². The van der Waals surface area contributed by atoms with Crippen molar-refractivity contribution >= 4 is 23.0 Å². The molecule has 2 heterocycles. The number of hydrogen-bond donors (Lipinski definition) is 0. The third-order valence-corrected chi connectivity index (χ3v) is 4.44. The minimum Gasteiger partial charge on any atom is -0.353 e. The number of rotatable bonds is 3. The molecule has 0 N–H and O–H groups in total. The fourth-order valence-corrected chi connectivity index (χ4v) is 2.92. The van der Waals surface area contributed by atoms with Crippen LogP contribution in [0.3, 0.4) is 0 Å². The number of aldehydes is 1. The molecule has 1 aromatic heterocycles. The molecule has 0 amide bonds. The van der Waals surface area contributed by atoms with Gasteiger partial charge in [-0.15, -0.1) is 0 Å². The fraction of sp³-hybridized carbons (Fsp3) is 0.444. The van der Waals surface area contributed by atoms with E-state index >= 15 is 0 Å². The largest absolute Gasteiger partial charge is 0.353 e. The number of hydrogen-bond acceptors (Lipinski definition) is 4. The number of aromatic nitrogens is 1. The SMILES string of the molecule is CC(C)c1ccc2nc(N3CCN(C)CC3)c(C=O)cc2c1. The van der Waals surface area contributed by atoms with E-state index in [1.54, 1.807) is 0 Å². The highest BCUT2D eigenvalue weighted by molar-refractivity contribution is 5.92. The van der Waals surface area contributed by atoms with Gasteiger partial charge in [-0.05, 0) is 36.7 Å². The molecule has 4 heteroatoms. The summed E-state index contributed by atoms with van der Waals surface area (Å²) in [5.74, 6) is 1.30. The molecule has 1 aromatic carbocycles. The first-order valence-corrected chi connectivity index (χ1v) is 7.92. The highest BCUT2D eigenvalue weighted by atomic mass is 16.1. The van der Waals surface area contributed by atoms with Gasteiger partial charge >= 0.3 is 0 Å². The smallest absolute Gasteiger partial charge is 0.153 e. The summed E-state index contributed by atoms with van der Waals surface area (Å²) in [7, 11) is 2.12. The highest BCUT2D eigenvalue weighted by Crippen LogP contribution is 2.26. The molecule has 0 saturated carbocycles. The third kappa shape index (κ3) is 2.83. The van der Waals surface area contributed by atoms with E-state index in [9.17, 15) is 4.79 Å². The van der Waals surface area contributed by atoms with Crippen LogP contribution in [0, 0.1) is 0 Å². The molecular weight excluding hydrogens is 274 g/mol. The first-order valence-electron chi connectivity index (χ1n) is 7.92. The second-order valence-corrected chi connectivity index (χ2v) is 6.42. The number of anilines is 1. The monoisotopic (exact) mass is 297 g/mol. The summed E-state index contributed by atoms with van der Waals surface area (Å²) in [4.78, 5) is 20.8. The van der Waals surface area contributed by atoms with Crippen molar-refractivity contribution in [3.8, 4) is 0 Å². The van der Waals surface area contributed by atoms with Crippen LogP contribution in [0.15, 0.2) is 24.3 Å². The summed E-state index contributed by atoms with van der Waals surface area (Å²) in [6.07, 6.45) is 0.933. The summed E-state index contributed by atoms with van der Waals surface area (Å²) >= 11 is 0. The van der Waals surface area contributed by atoms with Crippen molar-refractivity contribution in [2.75, 3.05) is 38.1 Å². The molecule has 0 unspecified atom stereocenters. The van der Waals surface area contributed by atoms with E-state index in [4.69, 9.17) is 4.98 Å². The van der Waals surface area contributed by atoms with Gasteiger partial charge in [0.1, 0.15) is 5.82 Å². The molecule has 0 spiro atoms. The van der Waals surface area contributed by atoms with E-state index in [1.165, 1.54) is 5.56 Å². The Morgan fingerprint density at radius 3 is 2.50 bits per heavy atom. The third-order valence-electron chi connectivity index (χ3n) is 4.44. The number of carbonyl (C=O) groups excluding carboxylic acids is 1. The normalized spacial score (nSPS) is 16.5. The molecule has 0 atom stereocenters. The van der Waals surface area contributed by atoms with Crippen molar-refractivity contribution < 1.29 is 4.79 Å². The Kier molecular flexibility index (Phi) is 4.12. The first-order chi connectivity index (χ1) is 10.6. The topological polar surface area (TPSA) is 36.4 Å². The predicted molar refractivity (Wildman–Crippen MR) is 90.9 cm³/mol. The Labute approximate surface area is 131 Å². The quantitative estimate of drug-likeness (QED) is 0.816. The van der Waals surface area contributed by atoms with Gasteiger partial charge in [0.15, 0.2) is 6.29 Å². The van der Waals surface area contributed by atoms with Gasteiger partial charge in [0.25, 0.3) is 0 Å². The molecule has 4 nitrogen and oxygen atoms in total. The standard InChI is InChI=1S/C18H23N3O/c1-13(2)14-4-5-17-15(10-14)11-16(12-22)18(19-17)21-8-6-20(3)7-9-21/h4-5,10-13H,6-9H2,1-3H3. The molecule has 0 bridgehead atoms. The van der Waals surface area contributed by atoms with Crippen molar-refractivity contribution in [3.05, 3.63) is 35.4 Å². The van der Waals surface area contributed by atoms with Crippen LogP contribution in [0.1, 0.15) is 35.7 Å². The molecule has 22 heavy (non-hydrogen) atoms. The second-order valence-electron chi connectivity index (χ2n) is 6.42. The number of pyridine rings is 1. The maximum atomic E-state index is 11.5. The summed E-state index contributed by atoms with van der Waals surface area (Å²) in [6, 6.07) is 8.33. The van der Waals surface area contributed by atoms with Crippen molar-refractivity contribution in [1.29, 1.82) is 0 Å². The van der Waals surface area contributed by atoms with Gasteiger partial charge in [0.05, 0.1) is 11.1 Å². The Morgan fingerprint density at radius 2 is 1.86 bits per heavy atom. The molecular formula is C18H23N3O. The summed E-state index contributed by atoms with van der Waals surface area (Å²) in [5.41, 5.74) is 2.93. The van der Waals surface area contributed by atoms with Crippen LogP contribution in [0.5, 0.6) is 0 Å². The van der Waals surface area contributed by atoms with E-state index in [2.05, 4.69) is 48.9 Å². The molecule has 3 rings (SSSR count). The minimum absolute atomic E-state index is 0.474. The Hall–Kier alpha value is -1.94. The Bertz CT molecular complexity index is 688. The molecule has 0 radical (unpaired) electrons. The molecule has 1 aliphatic heterocycles. The zero-order valence-corrected chi connectivity index (χ0v) is 13.5. The zero-order valence-electron chi connectivity index (χ0n) is 13.5. The van der Waals surface area contributed by atoms with E-state index in [0.717, 1.165) is 49.2 Å². The lowest BCUT2D eigenvalue weighted by molar-refractivity contribution is 0.112. The summed E-state index contributed by atoms with van der Waals surface area (Å²) in [6.45, 7) is 8.19. The van der Waals surface area contributed by atoms with E-state index in [-0.39, 0.29) is 0 Å². The van der Waals surface area contributed by atoms with Gasteiger partial charge in [-0.25, -0.2) is 4.98 Å². The molecule has 1 aliphatic rings. The molecule has 1 saturated heterocycles. The van der Waals surface area contributed by atoms with Crippen molar-refractivity contribution in [3.63, 3.8) is 0 Å². The van der Waals surface area contributed by atoms with Crippen molar-refractivity contribution in [2.45, 2.75) is 19.8 Å². The molecule has 0 aliphatic carbocycles. The highest BCUT2D eigenvalue weighted by Gasteiger charge is 2.19. The number of piperazine rings is 1. The molecule has 2 aromatic rings.